The molecule has 0 saturated carbocycles. The van der Waals surface area contributed by atoms with E-state index in [1.165, 1.54) is 19.3 Å². The molecule has 0 aromatic heterocycles. The Morgan fingerprint density at radius 3 is 2.48 bits per heavy atom. The highest BCUT2D eigenvalue weighted by molar-refractivity contribution is 5.94. The predicted octanol–water partition coefficient (Wildman–Crippen LogP) is 3.08. The Bertz CT molecular complexity index is 719. The molecular formula is C20H24O7. The Kier molecular flexibility index (Phi) is 9.36. The highest BCUT2D eigenvalue weighted by Gasteiger charge is 2.17. The summed E-state index contributed by atoms with van der Waals surface area (Å²) >= 11 is 0. The number of esters is 3. The molecule has 1 aromatic carbocycles. The predicted molar refractivity (Wildman–Crippen MR) is 99.3 cm³/mol. The van der Waals surface area contributed by atoms with Crippen molar-refractivity contribution in [1.82, 2.24) is 0 Å². The first-order valence-electron chi connectivity index (χ1n) is 8.49. The number of ether oxygens (including phenoxy) is 4. The maximum atomic E-state index is 12.1. The summed E-state index contributed by atoms with van der Waals surface area (Å²) in [5.41, 5.74) is 0.631. The molecule has 7 heteroatoms. The fourth-order valence-corrected chi connectivity index (χ4v) is 1.91. The van der Waals surface area contributed by atoms with Crippen molar-refractivity contribution in [2.45, 2.75) is 26.7 Å². The molecule has 0 unspecified atom stereocenters. The Morgan fingerprint density at radius 2 is 1.85 bits per heavy atom. The lowest BCUT2D eigenvalue weighted by atomic mass is 10.2. The van der Waals surface area contributed by atoms with Gasteiger partial charge in [-0.2, -0.15) is 0 Å². The zero-order valence-electron chi connectivity index (χ0n) is 15.8. The summed E-state index contributed by atoms with van der Waals surface area (Å²) in [6.45, 7) is 7.72. The third kappa shape index (κ3) is 7.77. The van der Waals surface area contributed by atoms with Gasteiger partial charge in [-0.25, -0.2) is 9.59 Å². The molecule has 0 fully saturated rings. The van der Waals surface area contributed by atoms with Gasteiger partial charge in [0.05, 0.1) is 26.7 Å². The monoisotopic (exact) mass is 376 g/mol. The van der Waals surface area contributed by atoms with Crippen molar-refractivity contribution in [3.8, 4) is 11.5 Å². The van der Waals surface area contributed by atoms with Crippen molar-refractivity contribution in [3.63, 3.8) is 0 Å². The van der Waals surface area contributed by atoms with Crippen molar-refractivity contribution in [3.05, 3.63) is 42.0 Å². The van der Waals surface area contributed by atoms with Crippen molar-refractivity contribution in [2.24, 2.45) is 0 Å². The third-order valence-electron chi connectivity index (χ3n) is 3.20. The van der Waals surface area contributed by atoms with Crippen LogP contribution in [0.5, 0.6) is 11.5 Å². The van der Waals surface area contributed by atoms with Crippen molar-refractivity contribution in [2.75, 3.05) is 20.3 Å². The van der Waals surface area contributed by atoms with Crippen LogP contribution in [0, 0.1) is 0 Å². The molecule has 0 saturated heterocycles. The van der Waals surface area contributed by atoms with E-state index < -0.39 is 17.9 Å². The first-order valence-corrected chi connectivity index (χ1v) is 8.49. The summed E-state index contributed by atoms with van der Waals surface area (Å²) in [6, 6.07) is 4.75. The number of rotatable bonds is 10. The number of benzene rings is 1. The number of hydrogen-bond acceptors (Lipinski definition) is 7. The van der Waals surface area contributed by atoms with Crippen LogP contribution in [0.2, 0.25) is 0 Å². The van der Waals surface area contributed by atoms with Gasteiger partial charge in [-0.1, -0.05) is 19.6 Å². The van der Waals surface area contributed by atoms with Gasteiger partial charge < -0.3 is 18.9 Å². The number of carbonyl (C=O) groups is 3. The van der Waals surface area contributed by atoms with Crippen LogP contribution in [0.1, 0.15) is 32.3 Å². The summed E-state index contributed by atoms with van der Waals surface area (Å²) in [7, 11) is 1.42. The summed E-state index contributed by atoms with van der Waals surface area (Å²) in [6.07, 6.45) is 3.28. The fourth-order valence-electron chi connectivity index (χ4n) is 1.91. The van der Waals surface area contributed by atoms with Crippen molar-refractivity contribution in [1.29, 1.82) is 0 Å². The van der Waals surface area contributed by atoms with Crippen LogP contribution in [0.3, 0.4) is 0 Å². The molecule has 0 bridgehead atoms. The zero-order chi connectivity index (χ0) is 20.2. The van der Waals surface area contributed by atoms with Gasteiger partial charge in [-0.15, -0.1) is 0 Å². The van der Waals surface area contributed by atoms with E-state index in [1.807, 2.05) is 6.92 Å². The average Bonchev–Trinajstić information content (AvgIpc) is 2.65. The molecule has 0 aliphatic rings. The van der Waals surface area contributed by atoms with E-state index in [2.05, 4.69) is 6.58 Å². The first-order chi connectivity index (χ1) is 12.9. The standard InChI is InChI=1S/C20H24O7/c1-5-11-26-19(22)12-14(3)20(23)27-16-9-7-15(13-17(16)24-4)8-10-18(21)25-6-2/h7-10,13H,3,5-6,11-12H2,1-2,4H3/b10-8+. The number of hydrogen-bond donors (Lipinski definition) is 0. The van der Waals surface area contributed by atoms with Crippen molar-refractivity contribution >= 4 is 24.0 Å². The van der Waals surface area contributed by atoms with Gasteiger partial charge in [0.15, 0.2) is 11.5 Å². The molecule has 7 nitrogen and oxygen atoms in total. The molecule has 1 aromatic rings. The maximum Gasteiger partial charge on any atom is 0.339 e. The van der Waals surface area contributed by atoms with Gasteiger partial charge >= 0.3 is 17.9 Å². The quantitative estimate of drug-likeness (QED) is 0.352. The van der Waals surface area contributed by atoms with E-state index in [1.54, 1.807) is 25.1 Å². The van der Waals surface area contributed by atoms with Gasteiger partial charge in [-0.3, -0.25) is 4.79 Å². The van der Waals surface area contributed by atoms with E-state index >= 15 is 0 Å². The lowest BCUT2D eigenvalue weighted by Crippen LogP contribution is -2.15. The second-order valence-electron chi connectivity index (χ2n) is 5.39. The van der Waals surface area contributed by atoms with Crippen LogP contribution in [0.4, 0.5) is 0 Å². The molecular weight excluding hydrogens is 352 g/mol. The molecule has 0 aliphatic carbocycles. The lowest BCUT2D eigenvalue weighted by molar-refractivity contribution is -0.144. The molecule has 27 heavy (non-hydrogen) atoms. The van der Waals surface area contributed by atoms with Gasteiger partial charge in [0.2, 0.25) is 0 Å². The second-order valence-corrected chi connectivity index (χ2v) is 5.39. The highest BCUT2D eigenvalue weighted by atomic mass is 16.6. The van der Waals surface area contributed by atoms with Gasteiger partial charge in [-0.05, 0) is 37.1 Å². The zero-order valence-corrected chi connectivity index (χ0v) is 15.8. The largest absolute Gasteiger partial charge is 0.493 e. The van der Waals surface area contributed by atoms with Crippen LogP contribution in [-0.4, -0.2) is 38.2 Å². The van der Waals surface area contributed by atoms with Crippen LogP contribution in [-0.2, 0) is 23.9 Å². The minimum absolute atomic E-state index is 0.0237. The molecule has 0 spiro atoms. The minimum Gasteiger partial charge on any atom is -0.493 e. The molecule has 1 rings (SSSR count). The van der Waals surface area contributed by atoms with Crippen LogP contribution in [0.15, 0.2) is 36.4 Å². The SMILES string of the molecule is C=C(CC(=O)OCCC)C(=O)Oc1ccc(/C=C/C(=O)OCC)cc1OC. The van der Waals surface area contributed by atoms with E-state index in [0.29, 0.717) is 12.0 Å². The molecule has 0 amide bonds. The second kappa shape index (κ2) is 11.5. The van der Waals surface area contributed by atoms with Gasteiger partial charge in [0, 0.05) is 11.6 Å². The van der Waals surface area contributed by atoms with Gasteiger partial charge in [0.1, 0.15) is 0 Å². The normalized spacial score (nSPS) is 10.3. The summed E-state index contributed by atoms with van der Waals surface area (Å²) in [5, 5.41) is 0. The third-order valence-corrected chi connectivity index (χ3v) is 3.20. The summed E-state index contributed by atoms with van der Waals surface area (Å²) < 4.78 is 20.2. The molecule has 0 radical (unpaired) electrons. The topological polar surface area (TPSA) is 88.1 Å². The molecule has 0 aliphatic heterocycles. The number of methoxy groups -OCH3 is 1. The van der Waals surface area contributed by atoms with E-state index in [4.69, 9.17) is 18.9 Å². The Balaban J connectivity index is 2.76. The van der Waals surface area contributed by atoms with Crippen LogP contribution in [0.25, 0.3) is 6.08 Å². The Hall–Kier alpha value is -3.09. The maximum absolute atomic E-state index is 12.1. The van der Waals surface area contributed by atoms with Gasteiger partial charge in [0.25, 0.3) is 0 Å². The molecule has 146 valence electrons. The Labute approximate surface area is 158 Å². The molecule has 0 N–H and O–H groups in total. The van der Waals surface area contributed by atoms with Crippen LogP contribution < -0.4 is 9.47 Å². The first kappa shape index (κ1) is 22.0. The van der Waals surface area contributed by atoms with E-state index in [-0.39, 0.29) is 36.7 Å². The lowest BCUT2D eigenvalue weighted by Gasteiger charge is -2.11. The Morgan fingerprint density at radius 1 is 1.11 bits per heavy atom. The highest BCUT2D eigenvalue weighted by Crippen LogP contribution is 2.29. The van der Waals surface area contributed by atoms with Crippen LogP contribution >= 0.6 is 0 Å². The number of carbonyl (C=O) groups excluding carboxylic acids is 3. The van der Waals surface area contributed by atoms with E-state index in [9.17, 15) is 14.4 Å². The fraction of sp³-hybridized carbons (Fsp3) is 0.350. The smallest absolute Gasteiger partial charge is 0.339 e. The molecule has 0 atom stereocenters. The summed E-state index contributed by atoms with van der Waals surface area (Å²) in [4.78, 5) is 35.0. The van der Waals surface area contributed by atoms with Crippen molar-refractivity contribution < 1.29 is 33.3 Å². The average molecular weight is 376 g/mol. The summed E-state index contributed by atoms with van der Waals surface area (Å²) in [5.74, 6) is -1.30. The minimum atomic E-state index is -0.753. The van der Waals surface area contributed by atoms with E-state index in [0.717, 1.165) is 0 Å². The molecule has 0 heterocycles.